The second-order valence-corrected chi connectivity index (χ2v) is 7.99. The van der Waals surface area contributed by atoms with E-state index < -0.39 is 40.8 Å². The first-order chi connectivity index (χ1) is 17.3. The van der Waals surface area contributed by atoms with Gasteiger partial charge in [-0.3, -0.25) is 15.2 Å². The molecule has 1 heterocycles. The van der Waals surface area contributed by atoms with Crippen LogP contribution in [0.3, 0.4) is 0 Å². The number of hydrazine groups is 1. The summed E-state index contributed by atoms with van der Waals surface area (Å²) in [6, 6.07) is 13.7. The van der Waals surface area contributed by atoms with Gasteiger partial charge in [0.05, 0.1) is 16.7 Å². The van der Waals surface area contributed by atoms with E-state index in [1.54, 1.807) is 30.3 Å². The number of rotatable bonds is 5. The molecule has 4 rings (SSSR count). The van der Waals surface area contributed by atoms with Crippen LogP contribution in [-0.4, -0.2) is 23.4 Å². The third-order valence-electron chi connectivity index (χ3n) is 5.41. The van der Waals surface area contributed by atoms with E-state index >= 15 is 0 Å². The smallest absolute Gasteiger partial charge is 0.366 e. The monoisotopic (exact) mass is 522 g/mol. The zero-order valence-electron chi connectivity index (χ0n) is 18.7. The molecule has 0 atom stereocenters. The van der Waals surface area contributed by atoms with Crippen LogP contribution in [0.15, 0.2) is 77.9 Å². The molecule has 1 aliphatic heterocycles. The molecule has 3 N–H and O–H groups in total. The third kappa shape index (κ3) is 5.74. The second kappa shape index (κ2) is 9.60. The molecule has 37 heavy (non-hydrogen) atoms. The van der Waals surface area contributed by atoms with Crippen molar-refractivity contribution in [2.75, 3.05) is 6.67 Å². The number of halogens is 7. The Kier molecular flexibility index (Phi) is 6.68. The fourth-order valence-corrected chi connectivity index (χ4v) is 3.64. The predicted octanol–water partition coefficient (Wildman–Crippen LogP) is 5.58. The summed E-state index contributed by atoms with van der Waals surface area (Å²) in [4.78, 5) is 16.0. The Morgan fingerprint density at radius 2 is 1.51 bits per heavy atom. The van der Waals surface area contributed by atoms with Crippen LogP contribution in [0.25, 0.3) is 16.7 Å². The number of benzene rings is 3. The number of nitrogens with zero attached hydrogens (tertiary/aromatic N) is 2. The lowest BCUT2D eigenvalue weighted by atomic mass is 9.99. The quantitative estimate of drug-likeness (QED) is 0.340. The summed E-state index contributed by atoms with van der Waals surface area (Å²) in [5, 5.41) is 1.13. The first-order valence-corrected chi connectivity index (χ1v) is 10.6. The van der Waals surface area contributed by atoms with Gasteiger partial charge in [-0.2, -0.15) is 26.3 Å². The molecule has 0 aliphatic carbocycles. The topological polar surface area (TPSA) is 70.7 Å². The minimum atomic E-state index is -5.02. The minimum absolute atomic E-state index is 0.00945. The molecule has 0 radical (unpaired) electrons. The van der Waals surface area contributed by atoms with Crippen LogP contribution in [0.4, 0.5) is 30.7 Å². The maximum atomic E-state index is 14.8. The number of hydrogen-bond donors (Lipinski definition) is 2. The fraction of sp³-hybridized carbons (Fsp3) is 0.120. The number of carbonyl (C=O) groups excluding carboxylic acids is 1. The number of carbonyl (C=O) groups is 1. The van der Waals surface area contributed by atoms with E-state index in [0.29, 0.717) is 17.7 Å². The highest BCUT2D eigenvalue weighted by molar-refractivity contribution is 6.18. The van der Waals surface area contributed by atoms with Gasteiger partial charge < -0.3 is 5.73 Å². The van der Waals surface area contributed by atoms with Crippen molar-refractivity contribution < 1.29 is 35.5 Å². The van der Waals surface area contributed by atoms with Gasteiger partial charge in [0, 0.05) is 17.3 Å². The molecule has 3 aromatic rings. The van der Waals surface area contributed by atoms with Gasteiger partial charge in [0.25, 0.3) is 5.91 Å². The van der Waals surface area contributed by atoms with Gasteiger partial charge in [-0.25, -0.2) is 9.38 Å². The maximum Gasteiger partial charge on any atom is 0.416 e. The minimum Gasteiger partial charge on any atom is -0.366 e. The van der Waals surface area contributed by atoms with Crippen LogP contribution in [0.5, 0.6) is 0 Å². The second-order valence-electron chi connectivity index (χ2n) is 7.99. The van der Waals surface area contributed by atoms with Crippen molar-refractivity contribution in [2.45, 2.75) is 12.4 Å². The van der Waals surface area contributed by atoms with Crippen molar-refractivity contribution in [2.24, 2.45) is 10.7 Å². The average molecular weight is 522 g/mol. The zero-order valence-corrected chi connectivity index (χ0v) is 18.7. The molecule has 192 valence electrons. The number of aliphatic imine (C=N–C) groups is 1. The molecule has 0 spiro atoms. The summed E-state index contributed by atoms with van der Waals surface area (Å²) in [7, 11) is 0. The Hall–Kier alpha value is -4.35. The molecule has 1 aliphatic rings. The van der Waals surface area contributed by atoms with E-state index in [1.165, 1.54) is 12.1 Å². The highest BCUT2D eigenvalue weighted by Crippen LogP contribution is 2.36. The molecule has 0 unspecified atom stereocenters. The summed E-state index contributed by atoms with van der Waals surface area (Å²) in [6.45, 7) is -0.270. The van der Waals surface area contributed by atoms with Gasteiger partial charge in [0.1, 0.15) is 18.3 Å². The van der Waals surface area contributed by atoms with E-state index in [0.717, 1.165) is 17.3 Å². The molecule has 0 bridgehead atoms. The number of amides is 1. The lowest BCUT2D eigenvalue weighted by Crippen LogP contribution is -2.33. The molecular formula is C25H17F7N4O. The van der Waals surface area contributed by atoms with E-state index in [2.05, 4.69) is 10.4 Å². The van der Waals surface area contributed by atoms with Crippen molar-refractivity contribution in [3.05, 3.63) is 101 Å². The Morgan fingerprint density at radius 1 is 0.892 bits per heavy atom. The molecule has 0 aromatic heterocycles. The summed E-state index contributed by atoms with van der Waals surface area (Å²) in [6.07, 6.45) is -8.90. The molecule has 12 heteroatoms. The van der Waals surface area contributed by atoms with Crippen molar-refractivity contribution in [1.29, 1.82) is 0 Å². The summed E-state index contributed by atoms with van der Waals surface area (Å²) in [5.74, 6) is -1.87. The first-order valence-electron chi connectivity index (χ1n) is 10.6. The van der Waals surface area contributed by atoms with E-state index in [-0.39, 0.29) is 35.3 Å². The van der Waals surface area contributed by atoms with Crippen molar-refractivity contribution in [3.63, 3.8) is 0 Å². The molecule has 0 saturated carbocycles. The Labute approximate surface area is 205 Å². The van der Waals surface area contributed by atoms with Crippen molar-refractivity contribution in [3.8, 4) is 11.1 Å². The van der Waals surface area contributed by atoms with Gasteiger partial charge >= 0.3 is 12.4 Å². The lowest BCUT2D eigenvalue weighted by molar-refractivity contribution is -0.143. The fourth-order valence-electron chi connectivity index (χ4n) is 3.64. The molecule has 0 fully saturated rings. The Morgan fingerprint density at radius 3 is 2.05 bits per heavy atom. The number of hydrogen-bond acceptors (Lipinski definition) is 4. The standard InChI is InChI=1S/C25H17F7N4O/c26-21-10-15(6-7-19(21)14-4-2-1-3-5-14)20(22(33)37)12-36-13-34-23(35-36)16-8-17(24(27,28)29)11-18(9-16)25(30,31)32/h1-12H,13H2,(H2,33,37)(H,34,35)/b20-12-. The van der Waals surface area contributed by atoms with Crippen LogP contribution in [0.1, 0.15) is 22.3 Å². The van der Waals surface area contributed by atoms with E-state index in [9.17, 15) is 35.5 Å². The Bertz CT molecular complexity index is 1360. The molecule has 0 saturated heterocycles. The zero-order chi connectivity index (χ0) is 27.0. The van der Waals surface area contributed by atoms with Crippen LogP contribution in [0, 0.1) is 5.82 Å². The first kappa shape index (κ1) is 25.7. The normalized spacial score (nSPS) is 14.4. The molecular weight excluding hydrogens is 505 g/mol. The Balaban J connectivity index is 1.62. The van der Waals surface area contributed by atoms with Gasteiger partial charge in [0.2, 0.25) is 0 Å². The van der Waals surface area contributed by atoms with E-state index in [1.807, 2.05) is 0 Å². The van der Waals surface area contributed by atoms with Gasteiger partial charge in [-0.1, -0.05) is 42.5 Å². The van der Waals surface area contributed by atoms with Crippen LogP contribution >= 0.6 is 0 Å². The van der Waals surface area contributed by atoms with Crippen molar-refractivity contribution >= 4 is 17.3 Å². The number of nitrogens with two attached hydrogens (primary N) is 1. The largest absolute Gasteiger partial charge is 0.416 e. The van der Waals surface area contributed by atoms with Crippen molar-refractivity contribution in [1.82, 2.24) is 10.4 Å². The van der Waals surface area contributed by atoms with Crippen LogP contribution < -0.4 is 11.2 Å². The summed E-state index contributed by atoms with van der Waals surface area (Å²) >= 11 is 0. The van der Waals surface area contributed by atoms with Gasteiger partial charge in [-0.15, -0.1) is 0 Å². The molecule has 3 aromatic carbocycles. The maximum absolute atomic E-state index is 14.8. The lowest BCUT2D eigenvalue weighted by Gasteiger charge is -2.17. The predicted molar refractivity (Wildman–Crippen MR) is 122 cm³/mol. The number of alkyl halides is 6. The number of nitrogens with one attached hydrogen (secondary N) is 1. The van der Waals surface area contributed by atoms with E-state index in [4.69, 9.17) is 5.73 Å². The molecule has 1 amide bonds. The van der Waals surface area contributed by atoms with Gasteiger partial charge in [-0.05, 0) is 35.4 Å². The third-order valence-corrected chi connectivity index (χ3v) is 5.41. The number of amidine groups is 1. The van der Waals surface area contributed by atoms with Crippen LogP contribution in [0.2, 0.25) is 0 Å². The number of primary amides is 1. The summed E-state index contributed by atoms with van der Waals surface area (Å²) in [5.41, 5.74) is 5.37. The summed E-state index contributed by atoms with van der Waals surface area (Å²) < 4.78 is 93.9. The van der Waals surface area contributed by atoms with Gasteiger partial charge in [0.15, 0.2) is 0 Å². The van der Waals surface area contributed by atoms with Crippen LogP contribution in [-0.2, 0) is 17.1 Å². The molecule has 5 nitrogen and oxygen atoms in total. The highest BCUT2D eigenvalue weighted by atomic mass is 19.4. The average Bonchev–Trinajstić information content (AvgIpc) is 3.30. The highest BCUT2D eigenvalue weighted by Gasteiger charge is 2.37. The SMILES string of the molecule is NC(=O)/C(=C\N1CN=C(c2cc(C(F)(F)F)cc(C(F)(F)F)c2)N1)c1ccc(-c2ccccc2)c(F)c1.